The average Bonchev–Trinajstić information content (AvgIpc) is 3.23. The number of amides is 2. The zero-order valence-electron chi connectivity index (χ0n) is 13.9. The van der Waals surface area contributed by atoms with E-state index >= 15 is 0 Å². The number of rotatable bonds is 6. The summed E-state index contributed by atoms with van der Waals surface area (Å²) in [6.45, 7) is -0.348. The maximum Gasteiger partial charge on any atom is 0.356 e. The number of anilines is 1. The van der Waals surface area contributed by atoms with Gasteiger partial charge in [0, 0.05) is 17.3 Å². The number of aromatic nitrogens is 2. The highest BCUT2D eigenvalue weighted by Gasteiger charge is 2.30. The van der Waals surface area contributed by atoms with Crippen molar-refractivity contribution < 1.29 is 24.2 Å². The summed E-state index contributed by atoms with van der Waals surface area (Å²) in [5.41, 5.74) is 2.14. The fraction of sp³-hybridized carbons (Fsp3) is 0.176. The fourth-order valence-corrected chi connectivity index (χ4v) is 2.51. The van der Waals surface area contributed by atoms with Crippen LogP contribution in [0.4, 0.5) is 5.69 Å². The molecule has 1 aliphatic rings. The van der Waals surface area contributed by atoms with Crippen molar-refractivity contribution in [3.63, 3.8) is 0 Å². The Morgan fingerprint density at radius 3 is 2.88 bits per heavy atom. The summed E-state index contributed by atoms with van der Waals surface area (Å²) in [7, 11) is 1.28. The number of aromatic amines is 1. The van der Waals surface area contributed by atoms with Crippen molar-refractivity contribution in [1.29, 1.82) is 0 Å². The summed E-state index contributed by atoms with van der Waals surface area (Å²) < 4.78 is 4.63. The number of hydrogen-bond donors (Lipinski definition) is 3. The number of β-amino-alcohol motifs (C(OH)–C–C–N with tert-alkyl or cyclic N) is 1. The summed E-state index contributed by atoms with van der Waals surface area (Å²) in [5.74, 6) is -1.50. The van der Waals surface area contributed by atoms with E-state index in [2.05, 4.69) is 20.3 Å². The maximum atomic E-state index is 12.2. The van der Waals surface area contributed by atoms with Gasteiger partial charge in [0.2, 0.25) is 0 Å². The third-order valence-corrected chi connectivity index (χ3v) is 3.75. The molecule has 3 rings (SSSR count). The Balaban J connectivity index is 1.79. The normalized spacial score (nSPS) is 13.8. The Kier molecular flexibility index (Phi) is 4.81. The molecule has 0 saturated carbocycles. The van der Waals surface area contributed by atoms with Gasteiger partial charge in [-0.25, -0.2) is 4.79 Å². The lowest BCUT2D eigenvalue weighted by atomic mass is 10.1. The number of aliphatic hydroxyl groups is 1. The first kappa shape index (κ1) is 17.4. The minimum Gasteiger partial charge on any atom is -0.464 e. The van der Waals surface area contributed by atoms with E-state index in [9.17, 15) is 14.4 Å². The minimum atomic E-state index is -0.526. The molecule has 0 atom stereocenters. The van der Waals surface area contributed by atoms with Crippen LogP contribution in [-0.2, 0) is 14.3 Å². The van der Waals surface area contributed by atoms with Gasteiger partial charge >= 0.3 is 5.97 Å². The molecule has 0 aliphatic carbocycles. The zero-order valence-corrected chi connectivity index (χ0v) is 13.9. The molecule has 1 aromatic heterocycles. The topological polar surface area (TPSA) is 125 Å². The van der Waals surface area contributed by atoms with E-state index in [1.807, 2.05) is 0 Å². The number of H-pyrrole nitrogens is 1. The molecule has 26 heavy (non-hydrogen) atoms. The molecule has 3 N–H and O–H groups in total. The number of carbonyl (C=O) groups is 3. The third kappa shape index (κ3) is 3.33. The number of nitrogens with one attached hydrogen (secondary N) is 2. The Morgan fingerprint density at radius 1 is 1.35 bits per heavy atom. The van der Waals surface area contributed by atoms with Crippen LogP contribution in [0.15, 0.2) is 42.1 Å². The lowest BCUT2D eigenvalue weighted by Crippen LogP contribution is -2.34. The van der Waals surface area contributed by atoms with Crippen molar-refractivity contribution in [1.82, 2.24) is 15.1 Å². The number of ether oxygens (including phenoxy) is 1. The number of imide groups is 1. The van der Waals surface area contributed by atoms with Crippen LogP contribution in [0.2, 0.25) is 0 Å². The molecule has 0 fully saturated rings. The highest BCUT2D eigenvalue weighted by Crippen LogP contribution is 2.24. The number of methoxy groups -OCH3 is 1. The van der Waals surface area contributed by atoms with Crippen molar-refractivity contribution in [2.75, 3.05) is 25.6 Å². The molecule has 0 spiro atoms. The van der Waals surface area contributed by atoms with Crippen LogP contribution in [0.3, 0.4) is 0 Å². The zero-order chi connectivity index (χ0) is 18.7. The van der Waals surface area contributed by atoms with E-state index in [0.29, 0.717) is 16.9 Å². The second-order valence-electron chi connectivity index (χ2n) is 5.44. The highest BCUT2D eigenvalue weighted by molar-refractivity contribution is 6.17. The lowest BCUT2D eigenvalue weighted by Gasteiger charge is -2.13. The van der Waals surface area contributed by atoms with Gasteiger partial charge in [-0.2, -0.15) is 5.10 Å². The SMILES string of the molecule is COC(=O)c1cc(-c2cccc(NC3=CC(=O)N(CCO)C3=O)c2)n[nH]1. The second kappa shape index (κ2) is 7.19. The van der Waals surface area contributed by atoms with Gasteiger partial charge in [0.05, 0.1) is 26.0 Å². The summed E-state index contributed by atoms with van der Waals surface area (Å²) in [5, 5.41) is 18.5. The van der Waals surface area contributed by atoms with E-state index < -0.39 is 17.8 Å². The molecule has 2 amide bonds. The molecular weight excluding hydrogens is 340 g/mol. The summed E-state index contributed by atoms with van der Waals surface area (Å²) >= 11 is 0. The van der Waals surface area contributed by atoms with Crippen molar-refractivity contribution in [2.45, 2.75) is 0 Å². The van der Waals surface area contributed by atoms with Gasteiger partial charge in [-0.3, -0.25) is 19.6 Å². The molecule has 2 heterocycles. The Morgan fingerprint density at radius 2 is 2.15 bits per heavy atom. The predicted molar refractivity (Wildman–Crippen MR) is 90.9 cm³/mol. The Bertz CT molecular complexity index is 902. The third-order valence-electron chi connectivity index (χ3n) is 3.75. The Hall–Kier alpha value is -3.46. The van der Waals surface area contributed by atoms with Crippen LogP contribution >= 0.6 is 0 Å². The first-order valence-electron chi connectivity index (χ1n) is 7.73. The van der Waals surface area contributed by atoms with Crippen molar-refractivity contribution in [2.24, 2.45) is 0 Å². The molecule has 1 aromatic carbocycles. The van der Waals surface area contributed by atoms with Gasteiger partial charge in [-0.05, 0) is 18.2 Å². The minimum absolute atomic E-state index is 0.0526. The van der Waals surface area contributed by atoms with E-state index in [0.717, 1.165) is 4.90 Å². The van der Waals surface area contributed by atoms with E-state index in [4.69, 9.17) is 5.11 Å². The molecular formula is C17H16N4O5. The van der Waals surface area contributed by atoms with E-state index in [-0.39, 0.29) is 24.5 Å². The van der Waals surface area contributed by atoms with Gasteiger partial charge in [0.15, 0.2) is 0 Å². The second-order valence-corrected chi connectivity index (χ2v) is 5.44. The maximum absolute atomic E-state index is 12.2. The highest BCUT2D eigenvalue weighted by atomic mass is 16.5. The average molecular weight is 356 g/mol. The van der Waals surface area contributed by atoms with E-state index in [1.165, 1.54) is 13.2 Å². The molecule has 1 aliphatic heterocycles. The van der Waals surface area contributed by atoms with E-state index in [1.54, 1.807) is 30.3 Å². The fourth-order valence-electron chi connectivity index (χ4n) is 2.51. The van der Waals surface area contributed by atoms with Crippen LogP contribution in [0.25, 0.3) is 11.3 Å². The quantitative estimate of drug-likeness (QED) is 0.509. The first-order chi connectivity index (χ1) is 12.5. The molecule has 2 aromatic rings. The van der Waals surface area contributed by atoms with Gasteiger partial charge in [0.1, 0.15) is 11.4 Å². The van der Waals surface area contributed by atoms with Crippen molar-refractivity contribution >= 4 is 23.5 Å². The van der Waals surface area contributed by atoms with Gasteiger partial charge < -0.3 is 15.2 Å². The summed E-state index contributed by atoms with van der Waals surface area (Å²) in [6.07, 6.45) is 1.19. The summed E-state index contributed by atoms with van der Waals surface area (Å²) in [6, 6.07) is 8.54. The largest absolute Gasteiger partial charge is 0.464 e. The van der Waals surface area contributed by atoms with Crippen LogP contribution in [0.5, 0.6) is 0 Å². The first-order valence-corrected chi connectivity index (χ1v) is 7.73. The molecule has 9 nitrogen and oxygen atoms in total. The predicted octanol–water partition coefficient (Wildman–Crippen LogP) is 0.520. The number of hydrogen-bond acceptors (Lipinski definition) is 7. The standard InChI is InChI=1S/C17H16N4O5/c1-26-17(25)14-8-12(19-20-14)10-3-2-4-11(7-10)18-13-9-15(23)21(5-6-22)16(13)24/h2-4,7-9,18,22H,5-6H2,1H3,(H,19,20). The molecule has 134 valence electrons. The monoisotopic (exact) mass is 356 g/mol. The van der Waals surface area contributed by atoms with Crippen molar-refractivity contribution in [3.05, 3.63) is 47.8 Å². The van der Waals surface area contributed by atoms with Gasteiger partial charge in [-0.15, -0.1) is 0 Å². The molecule has 0 unspecified atom stereocenters. The number of esters is 1. The Labute approximate surface area is 148 Å². The van der Waals surface area contributed by atoms with Crippen LogP contribution in [0.1, 0.15) is 10.5 Å². The van der Waals surface area contributed by atoms with Gasteiger partial charge in [0.25, 0.3) is 11.8 Å². The van der Waals surface area contributed by atoms with Gasteiger partial charge in [-0.1, -0.05) is 12.1 Å². The smallest absolute Gasteiger partial charge is 0.356 e. The van der Waals surface area contributed by atoms with Crippen LogP contribution in [0, 0.1) is 0 Å². The molecule has 0 radical (unpaired) electrons. The molecule has 0 saturated heterocycles. The van der Waals surface area contributed by atoms with Crippen LogP contribution in [-0.4, -0.2) is 58.2 Å². The number of aliphatic hydroxyl groups excluding tert-OH is 1. The lowest BCUT2D eigenvalue weighted by molar-refractivity contribution is -0.137. The number of benzene rings is 1. The molecule has 9 heteroatoms. The number of carbonyl (C=O) groups excluding carboxylic acids is 3. The van der Waals surface area contributed by atoms with Crippen molar-refractivity contribution in [3.8, 4) is 11.3 Å². The molecule has 0 bridgehead atoms. The van der Waals surface area contributed by atoms with Crippen LogP contribution < -0.4 is 5.32 Å². The summed E-state index contributed by atoms with van der Waals surface area (Å²) in [4.78, 5) is 36.4. The number of nitrogens with zero attached hydrogens (tertiary/aromatic N) is 2.